The maximum atomic E-state index is 9.74. The number of aliphatic hydroxyl groups excluding tert-OH is 1. The maximum absolute atomic E-state index is 9.74. The van der Waals surface area contributed by atoms with Gasteiger partial charge in [-0.25, -0.2) is 0 Å². The van der Waals surface area contributed by atoms with Crippen molar-refractivity contribution in [3.63, 3.8) is 0 Å². The molecule has 2 rings (SSSR count). The van der Waals surface area contributed by atoms with Crippen LogP contribution in [0.5, 0.6) is 0 Å². The van der Waals surface area contributed by atoms with Gasteiger partial charge in [0.25, 0.3) is 0 Å². The normalized spacial score (nSPS) is 22.4. The van der Waals surface area contributed by atoms with Gasteiger partial charge in [0.15, 0.2) is 0 Å². The van der Waals surface area contributed by atoms with Gasteiger partial charge in [-0.05, 0) is 37.3 Å². The SMILES string of the molecule is CCc1ccc(C(C)(CO)NCC2CCCO2)cc1. The lowest BCUT2D eigenvalue weighted by atomic mass is 9.91. The molecule has 1 heterocycles. The van der Waals surface area contributed by atoms with E-state index in [9.17, 15) is 5.11 Å². The molecule has 2 atom stereocenters. The zero-order chi connectivity index (χ0) is 13.7. The third-order valence-corrected chi connectivity index (χ3v) is 4.06. The van der Waals surface area contributed by atoms with Gasteiger partial charge in [0, 0.05) is 13.2 Å². The van der Waals surface area contributed by atoms with E-state index in [0.29, 0.717) is 6.10 Å². The molecule has 0 amide bonds. The van der Waals surface area contributed by atoms with Gasteiger partial charge in [0.05, 0.1) is 18.2 Å². The second-order valence-electron chi connectivity index (χ2n) is 5.56. The highest BCUT2D eigenvalue weighted by molar-refractivity contribution is 5.28. The third kappa shape index (κ3) is 3.56. The van der Waals surface area contributed by atoms with Gasteiger partial charge >= 0.3 is 0 Å². The van der Waals surface area contributed by atoms with Crippen molar-refractivity contribution in [1.29, 1.82) is 0 Å². The molecule has 0 aromatic heterocycles. The lowest BCUT2D eigenvalue weighted by Crippen LogP contribution is -2.46. The van der Waals surface area contributed by atoms with E-state index in [2.05, 4.69) is 36.5 Å². The van der Waals surface area contributed by atoms with Gasteiger partial charge in [-0.15, -0.1) is 0 Å². The second-order valence-corrected chi connectivity index (χ2v) is 5.56. The van der Waals surface area contributed by atoms with E-state index >= 15 is 0 Å². The fourth-order valence-electron chi connectivity index (χ4n) is 2.50. The Hall–Kier alpha value is -0.900. The minimum absolute atomic E-state index is 0.0885. The van der Waals surface area contributed by atoms with Crippen LogP contribution in [0.1, 0.15) is 37.8 Å². The summed E-state index contributed by atoms with van der Waals surface area (Å²) in [5.41, 5.74) is 2.06. The van der Waals surface area contributed by atoms with E-state index in [1.807, 2.05) is 6.92 Å². The Bertz CT molecular complexity index is 384. The van der Waals surface area contributed by atoms with Crippen molar-refractivity contribution in [2.75, 3.05) is 19.8 Å². The average Bonchev–Trinajstić information content (AvgIpc) is 2.98. The van der Waals surface area contributed by atoms with Gasteiger partial charge in [-0.3, -0.25) is 0 Å². The predicted octanol–water partition coefficient (Wildman–Crippen LogP) is 2.23. The standard InChI is InChI=1S/C16H25NO2/c1-3-13-6-8-14(9-7-13)16(2,12-18)17-11-15-5-4-10-19-15/h6-9,15,17-18H,3-5,10-12H2,1-2H3. The number of nitrogens with one attached hydrogen (secondary N) is 1. The van der Waals surface area contributed by atoms with Crippen LogP contribution in [0.2, 0.25) is 0 Å². The van der Waals surface area contributed by atoms with Gasteiger partial charge in [-0.2, -0.15) is 0 Å². The van der Waals surface area contributed by atoms with Gasteiger partial charge in [0.2, 0.25) is 0 Å². The number of hydrogen-bond acceptors (Lipinski definition) is 3. The largest absolute Gasteiger partial charge is 0.394 e. The molecular formula is C16H25NO2. The molecular weight excluding hydrogens is 238 g/mol. The molecule has 0 bridgehead atoms. The van der Waals surface area contributed by atoms with Crippen molar-refractivity contribution < 1.29 is 9.84 Å². The number of benzene rings is 1. The first kappa shape index (κ1) is 14.5. The minimum atomic E-state index is -0.391. The van der Waals surface area contributed by atoms with Crippen molar-refractivity contribution >= 4 is 0 Å². The van der Waals surface area contributed by atoms with E-state index < -0.39 is 5.54 Å². The van der Waals surface area contributed by atoms with E-state index in [0.717, 1.165) is 38.0 Å². The van der Waals surface area contributed by atoms with Crippen molar-refractivity contribution in [2.45, 2.75) is 44.8 Å². The average molecular weight is 263 g/mol. The number of rotatable bonds is 6. The smallest absolute Gasteiger partial charge is 0.0700 e. The van der Waals surface area contributed by atoms with Crippen LogP contribution >= 0.6 is 0 Å². The Labute approximate surface area is 116 Å². The molecule has 1 aromatic rings. The molecule has 3 heteroatoms. The molecule has 1 aliphatic heterocycles. The van der Waals surface area contributed by atoms with Crippen LogP contribution < -0.4 is 5.32 Å². The predicted molar refractivity (Wildman–Crippen MR) is 77.2 cm³/mol. The molecule has 0 aliphatic carbocycles. The highest BCUT2D eigenvalue weighted by atomic mass is 16.5. The van der Waals surface area contributed by atoms with Crippen LogP contribution in [-0.2, 0) is 16.7 Å². The summed E-state index contributed by atoms with van der Waals surface area (Å²) in [7, 11) is 0. The van der Waals surface area contributed by atoms with E-state index in [4.69, 9.17) is 4.74 Å². The molecule has 0 radical (unpaired) electrons. The topological polar surface area (TPSA) is 41.5 Å². The summed E-state index contributed by atoms with van der Waals surface area (Å²) in [4.78, 5) is 0. The van der Waals surface area contributed by atoms with Crippen molar-refractivity contribution in [1.82, 2.24) is 5.32 Å². The summed E-state index contributed by atoms with van der Waals surface area (Å²) in [5.74, 6) is 0. The zero-order valence-corrected chi connectivity index (χ0v) is 12.0. The Morgan fingerprint density at radius 1 is 1.37 bits per heavy atom. The second kappa shape index (κ2) is 6.51. The molecule has 19 heavy (non-hydrogen) atoms. The molecule has 106 valence electrons. The Morgan fingerprint density at radius 2 is 2.11 bits per heavy atom. The number of ether oxygens (including phenoxy) is 1. The first-order valence-corrected chi connectivity index (χ1v) is 7.25. The molecule has 3 nitrogen and oxygen atoms in total. The van der Waals surface area contributed by atoms with Crippen LogP contribution in [0.4, 0.5) is 0 Å². The fraction of sp³-hybridized carbons (Fsp3) is 0.625. The first-order valence-electron chi connectivity index (χ1n) is 7.25. The lowest BCUT2D eigenvalue weighted by molar-refractivity contribution is 0.0910. The van der Waals surface area contributed by atoms with Crippen LogP contribution in [0.3, 0.4) is 0 Å². The quantitative estimate of drug-likeness (QED) is 0.827. The molecule has 1 aliphatic rings. The fourth-order valence-corrected chi connectivity index (χ4v) is 2.50. The summed E-state index contributed by atoms with van der Waals surface area (Å²) in [5, 5.41) is 13.2. The van der Waals surface area contributed by atoms with Gasteiger partial charge < -0.3 is 15.2 Å². The van der Waals surface area contributed by atoms with E-state index in [1.165, 1.54) is 5.56 Å². The summed E-state index contributed by atoms with van der Waals surface area (Å²) in [6.07, 6.45) is 3.59. The third-order valence-electron chi connectivity index (χ3n) is 4.06. The monoisotopic (exact) mass is 263 g/mol. The first-order chi connectivity index (χ1) is 9.18. The van der Waals surface area contributed by atoms with Gasteiger partial charge in [-0.1, -0.05) is 31.2 Å². The molecule has 1 aromatic carbocycles. The van der Waals surface area contributed by atoms with Crippen LogP contribution in [0.15, 0.2) is 24.3 Å². The summed E-state index contributed by atoms with van der Waals surface area (Å²) >= 11 is 0. The van der Waals surface area contributed by atoms with E-state index in [-0.39, 0.29) is 6.61 Å². The van der Waals surface area contributed by atoms with Gasteiger partial charge in [0.1, 0.15) is 0 Å². The minimum Gasteiger partial charge on any atom is -0.394 e. The molecule has 0 spiro atoms. The highest BCUT2D eigenvalue weighted by Crippen LogP contribution is 2.22. The highest BCUT2D eigenvalue weighted by Gasteiger charge is 2.27. The Kier molecular flexibility index (Phi) is 4.97. The number of aliphatic hydroxyl groups is 1. The molecule has 1 fully saturated rings. The lowest BCUT2D eigenvalue weighted by Gasteiger charge is -2.31. The van der Waals surface area contributed by atoms with Crippen molar-refractivity contribution in [3.05, 3.63) is 35.4 Å². The van der Waals surface area contributed by atoms with Crippen molar-refractivity contribution in [2.24, 2.45) is 0 Å². The number of hydrogen-bond donors (Lipinski definition) is 2. The molecule has 0 saturated carbocycles. The number of aryl methyl sites for hydroxylation is 1. The summed E-state index contributed by atoms with van der Waals surface area (Å²) in [6.45, 7) is 5.95. The Balaban J connectivity index is 2.02. The molecule has 2 N–H and O–H groups in total. The zero-order valence-electron chi connectivity index (χ0n) is 12.0. The maximum Gasteiger partial charge on any atom is 0.0700 e. The molecule has 2 unspecified atom stereocenters. The molecule has 1 saturated heterocycles. The summed E-state index contributed by atoms with van der Waals surface area (Å²) in [6, 6.07) is 8.49. The van der Waals surface area contributed by atoms with Crippen molar-refractivity contribution in [3.8, 4) is 0 Å². The van der Waals surface area contributed by atoms with Crippen LogP contribution in [0, 0.1) is 0 Å². The van der Waals surface area contributed by atoms with Crippen LogP contribution in [-0.4, -0.2) is 31.0 Å². The summed E-state index contributed by atoms with van der Waals surface area (Å²) < 4.78 is 5.62. The Morgan fingerprint density at radius 3 is 2.63 bits per heavy atom. The van der Waals surface area contributed by atoms with E-state index in [1.54, 1.807) is 0 Å². The van der Waals surface area contributed by atoms with Crippen LogP contribution in [0.25, 0.3) is 0 Å².